The Morgan fingerprint density at radius 1 is 0.776 bits per heavy atom. The number of ketones is 1. The molecule has 0 amide bonds. The third-order valence-electron chi connectivity index (χ3n) is 10.7. The fourth-order valence-electron chi connectivity index (χ4n) is 7.24. The molecule has 338 valence electrons. The van der Waals surface area contributed by atoms with E-state index in [2.05, 4.69) is 26.0 Å². The molecule has 1 aliphatic carbocycles. The summed E-state index contributed by atoms with van der Waals surface area (Å²) in [5, 5.41) is 20.7. The number of hydrogen-bond acceptors (Lipinski definition) is 11. The summed E-state index contributed by atoms with van der Waals surface area (Å²) in [5.41, 5.74) is 5.35. The normalized spacial score (nSPS) is 19.2. The first-order valence-electron chi connectivity index (χ1n) is 22.9. The van der Waals surface area contributed by atoms with Crippen molar-refractivity contribution in [2.45, 2.75) is 206 Å². The number of allylic oxidation sites excluding steroid dienone is 3. The minimum absolute atomic E-state index is 0.00488. The van der Waals surface area contributed by atoms with Crippen molar-refractivity contribution in [3.05, 3.63) is 24.3 Å². The number of carbonyl (C=O) groups is 3. The Morgan fingerprint density at radius 2 is 1.33 bits per heavy atom. The van der Waals surface area contributed by atoms with Gasteiger partial charge < -0.3 is 30.3 Å². The topological polar surface area (TPSA) is 192 Å². The lowest BCUT2D eigenvalue weighted by molar-refractivity contribution is -0.161. The number of phosphoric acid groups is 1. The number of unbranched alkanes of at least 4 members (excludes halogenated alkanes) is 18. The predicted molar refractivity (Wildman–Crippen MR) is 230 cm³/mol. The van der Waals surface area contributed by atoms with E-state index >= 15 is 0 Å². The van der Waals surface area contributed by atoms with Gasteiger partial charge >= 0.3 is 19.8 Å². The van der Waals surface area contributed by atoms with Crippen LogP contribution in [0, 0.1) is 11.8 Å². The van der Waals surface area contributed by atoms with Gasteiger partial charge in [-0.1, -0.05) is 141 Å². The van der Waals surface area contributed by atoms with E-state index in [9.17, 15) is 34.1 Å². The number of rotatable bonds is 39. The van der Waals surface area contributed by atoms with Crippen LogP contribution in [-0.4, -0.2) is 77.5 Å². The molecule has 1 unspecified atom stereocenters. The van der Waals surface area contributed by atoms with Crippen molar-refractivity contribution in [3.8, 4) is 0 Å². The van der Waals surface area contributed by atoms with Crippen molar-refractivity contribution in [1.29, 1.82) is 0 Å². The van der Waals surface area contributed by atoms with Crippen LogP contribution in [0.25, 0.3) is 0 Å². The van der Waals surface area contributed by atoms with E-state index in [0.29, 0.717) is 25.7 Å². The van der Waals surface area contributed by atoms with E-state index < -0.39 is 44.7 Å². The zero-order valence-corrected chi connectivity index (χ0v) is 37.1. The first kappa shape index (κ1) is 54.1. The molecule has 0 aliphatic heterocycles. The van der Waals surface area contributed by atoms with Crippen molar-refractivity contribution in [3.63, 3.8) is 0 Å². The number of carbonyl (C=O) groups excluding carboxylic acids is 3. The van der Waals surface area contributed by atoms with Crippen molar-refractivity contribution in [2.75, 3.05) is 26.4 Å². The number of hydrogen-bond donors (Lipinski definition) is 4. The fraction of sp³-hybridized carbons (Fsp3) is 0.844. The number of esters is 2. The molecule has 5 N–H and O–H groups in total. The lowest BCUT2D eigenvalue weighted by Gasteiger charge is -2.20. The van der Waals surface area contributed by atoms with Gasteiger partial charge in [-0.2, -0.15) is 0 Å². The largest absolute Gasteiger partial charge is 0.472 e. The monoisotopic (exact) mass is 844 g/mol. The summed E-state index contributed by atoms with van der Waals surface area (Å²) in [7, 11) is -4.44. The molecule has 0 aromatic carbocycles. The van der Waals surface area contributed by atoms with Gasteiger partial charge in [0.2, 0.25) is 0 Å². The molecule has 58 heavy (non-hydrogen) atoms. The lowest BCUT2D eigenvalue weighted by Crippen LogP contribution is -2.29. The van der Waals surface area contributed by atoms with Crippen LogP contribution in [0.5, 0.6) is 0 Å². The summed E-state index contributed by atoms with van der Waals surface area (Å²) >= 11 is 0. The summed E-state index contributed by atoms with van der Waals surface area (Å²) in [6.07, 6.45) is 31.1. The van der Waals surface area contributed by atoms with Crippen molar-refractivity contribution in [1.82, 2.24) is 0 Å². The van der Waals surface area contributed by atoms with E-state index in [-0.39, 0.29) is 56.6 Å². The van der Waals surface area contributed by atoms with Crippen LogP contribution in [0.2, 0.25) is 0 Å². The molecule has 0 spiro atoms. The van der Waals surface area contributed by atoms with Crippen LogP contribution in [0.4, 0.5) is 0 Å². The van der Waals surface area contributed by atoms with Gasteiger partial charge in [-0.05, 0) is 57.3 Å². The first-order chi connectivity index (χ1) is 28.0. The molecule has 1 rings (SSSR count). The zero-order chi connectivity index (χ0) is 42.7. The molecule has 0 radical (unpaired) electrons. The molecule has 1 saturated carbocycles. The van der Waals surface area contributed by atoms with Crippen LogP contribution >= 0.6 is 7.82 Å². The molecular weight excluding hydrogens is 761 g/mol. The molecule has 0 bridgehead atoms. The third kappa shape index (κ3) is 29.3. The maximum Gasteiger partial charge on any atom is 0.472 e. The summed E-state index contributed by atoms with van der Waals surface area (Å²) in [4.78, 5) is 47.6. The molecule has 6 atom stereocenters. The number of ether oxygens (including phenoxy) is 2. The second-order valence-corrected chi connectivity index (χ2v) is 17.5. The average molecular weight is 844 g/mol. The SMILES string of the molecule is CCCCCCCC/C=C\CCCCCCCCCC(=O)O[C@H](COC(=O)CCCCCC[C@H]1[C@@H](O)CC(=O)[C@@H]1/C=C/[C@@H](O)CCCCC)COP(=O)(O)OCCN. The van der Waals surface area contributed by atoms with Crippen LogP contribution < -0.4 is 5.73 Å². The van der Waals surface area contributed by atoms with Gasteiger partial charge in [0.15, 0.2) is 6.10 Å². The Morgan fingerprint density at radius 3 is 1.95 bits per heavy atom. The Kier molecular flexibility index (Phi) is 33.4. The van der Waals surface area contributed by atoms with Gasteiger partial charge in [0.25, 0.3) is 0 Å². The maximum atomic E-state index is 12.6. The molecule has 0 aromatic heterocycles. The van der Waals surface area contributed by atoms with Crippen LogP contribution in [0.1, 0.15) is 187 Å². The van der Waals surface area contributed by atoms with E-state index in [4.69, 9.17) is 24.3 Å². The van der Waals surface area contributed by atoms with E-state index in [1.165, 1.54) is 64.2 Å². The predicted octanol–water partition coefficient (Wildman–Crippen LogP) is 9.76. The standard InChI is InChI=1S/C45H82NO11P/c1-3-5-7-8-9-10-11-12-13-14-15-16-17-18-19-20-26-30-45(51)57-39(37-56-58(52,53)55-34-33-46)36-54-44(50)29-25-22-21-24-28-40-41(43(49)35-42(40)48)32-31-38(47)27-23-6-4-2/h12-13,31-32,38-42,47-48H,3-11,14-30,33-37,46H2,1-2H3,(H,52,53)/b13-12-,32-31+/t38-,39+,40+,41+,42-/m0/s1. The van der Waals surface area contributed by atoms with Gasteiger partial charge in [-0.3, -0.25) is 23.4 Å². The van der Waals surface area contributed by atoms with Gasteiger partial charge in [0.1, 0.15) is 12.4 Å². The van der Waals surface area contributed by atoms with Gasteiger partial charge in [0, 0.05) is 31.7 Å². The fourth-order valence-corrected chi connectivity index (χ4v) is 8.00. The van der Waals surface area contributed by atoms with Crippen LogP contribution in [0.15, 0.2) is 24.3 Å². The van der Waals surface area contributed by atoms with Crippen molar-refractivity contribution >= 4 is 25.5 Å². The van der Waals surface area contributed by atoms with E-state index in [1.807, 2.05) is 0 Å². The van der Waals surface area contributed by atoms with Gasteiger partial charge in [-0.25, -0.2) is 4.57 Å². The highest BCUT2D eigenvalue weighted by atomic mass is 31.2. The minimum atomic E-state index is -4.44. The lowest BCUT2D eigenvalue weighted by atomic mass is 9.88. The third-order valence-corrected chi connectivity index (χ3v) is 11.7. The molecule has 0 saturated heterocycles. The summed E-state index contributed by atoms with van der Waals surface area (Å²) in [5.74, 6) is -1.55. The second-order valence-electron chi connectivity index (χ2n) is 16.1. The van der Waals surface area contributed by atoms with E-state index in [1.54, 1.807) is 12.2 Å². The second kappa shape index (κ2) is 35.8. The van der Waals surface area contributed by atoms with Gasteiger partial charge in [-0.15, -0.1) is 0 Å². The summed E-state index contributed by atoms with van der Waals surface area (Å²) in [6.45, 7) is 3.36. The molecular formula is C45H82NO11P. The molecule has 12 nitrogen and oxygen atoms in total. The maximum absolute atomic E-state index is 12.6. The quantitative estimate of drug-likeness (QED) is 0.0199. The number of aliphatic hydroxyl groups is 2. The van der Waals surface area contributed by atoms with Crippen molar-refractivity contribution in [2.24, 2.45) is 17.6 Å². The number of Topliss-reactive ketones (excluding diaryl/α,β-unsaturated/α-hetero) is 1. The Labute approximate surface area is 351 Å². The Hall–Kier alpha value is -1.92. The van der Waals surface area contributed by atoms with E-state index in [0.717, 1.165) is 64.2 Å². The molecule has 0 heterocycles. The molecule has 1 fully saturated rings. The van der Waals surface area contributed by atoms with Crippen LogP contribution in [-0.2, 0) is 37.5 Å². The number of nitrogens with two attached hydrogens (primary N) is 1. The average Bonchev–Trinajstić information content (AvgIpc) is 3.47. The molecule has 13 heteroatoms. The van der Waals surface area contributed by atoms with Crippen molar-refractivity contribution < 1.29 is 52.6 Å². The number of phosphoric ester groups is 1. The molecule has 1 aliphatic rings. The Bertz CT molecular complexity index is 1170. The summed E-state index contributed by atoms with van der Waals surface area (Å²) < 4.78 is 32.8. The minimum Gasteiger partial charge on any atom is -0.462 e. The highest BCUT2D eigenvalue weighted by molar-refractivity contribution is 7.47. The highest BCUT2D eigenvalue weighted by Crippen LogP contribution is 2.43. The first-order valence-corrected chi connectivity index (χ1v) is 24.4. The van der Waals surface area contributed by atoms with Gasteiger partial charge in [0.05, 0.1) is 25.4 Å². The smallest absolute Gasteiger partial charge is 0.462 e. The molecule has 0 aromatic rings. The zero-order valence-electron chi connectivity index (χ0n) is 36.2. The highest BCUT2D eigenvalue weighted by Gasteiger charge is 2.39. The Balaban J connectivity index is 2.34. The van der Waals surface area contributed by atoms with Crippen LogP contribution in [0.3, 0.4) is 0 Å². The summed E-state index contributed by atoms with van der Waals surface area (Å²) in [6, 6.07) is 0. The number of aliphatic hydroxyl groups excluding tert-OH is 2.